The summed E-state index contributed by atoms with van der Waals surface area (Å²) in [5, 5.41) is 0. The molecule has 22 heavy (non-hydrogen) atoms. The number of hydrogen-bond donors (Lipinski definition) is 0. The Balaban J connectivity index is 1.51. The number of aromatic nitrogens is 2. The van der Waals surface area contributed by atoms with Crippen molar-refractivity contribution in [2.24, 2.45) is 5.92 Å². The third-order valence-electron chi connectivity index (χ3n) is 4.63. The van der Waals surface area contributed by atoms with Gasteiger partial charge in [0.25, 0.3) is 0 Å². The van der Waals surface area contributed by atoms with E-state index in [0.717, 1.165) is 38.2 Å². The molecule has 1 aromatic carbocycles. The van der Waals surface area contributed by atoms with Crippen molar-refractivity contribution in [1.29, 1.82) is 0 Å². The number of aryl methyl sites for hydroxylation is 1. The van der Waals surface area contributed by atoms with Gasteiger partial charge >= 0.3 is 0 Å². The Kier molecular flexibility index (Phi) is 4.88. The highest BCUT2D eigenvalue weighted by Gasteiger charge is 2.20. The first-order valence-corrected chi connectivity index (χ1v) is 8.22. The Hall–Kier alpha value is -1.68. The molecule has 1 aliphatic rings. The first-order valence-electron chi connectivity index (χ1n) is 8.22. The maximum absolute atomic E-state index is 13.7. The molecule has 2 aromatic rings. The van der Waals surface area contributed by atoms with Crippen LogP contribution in [-0.2, 0) is 19.5 Å². The van der Waals surface area contributed by atoms with Crippen molar-refractivity contribution in [2.45, 2.75) is 39.3 Å². The zero-order valence-electron chi connectivity index (χ0n) is 13.2. The quantitative estimate of drug-likeness (QED) is 0.843. The van der Waals surface area contributed by atoms with E-state index in [1.807, 2.05) is 18.3 Å². The van der Waals surface area contributed by atoms with Gasteiger partial charge in [-0.3, -0.25) is 4.90 Å². The third kappa shape index (κ3) is 3.55. The van der Waals surface area contributed by atoms with Crippen LogP contribution in [-0.4, -0.2) is 27.5 Å². The fraction of sp³-hybridized carbons (Fsp3) is 0.500. The summed E-state index contributed by atoms with van der Waals surface area (Å²) in [4.78, 5) is 6.76. The van der Waals surface area contributed by atoms with Crippen LogP contribution >= 0.6 is 0 Å². The summed E-state index contributed by atoms with van der Waals surface area (Å²) >= 11 is 0. The van der Waals surface area contributed by atoms with Crippen LogP contribution in [0.1, 0.15) is 31.2 Å². The molecule has 1 aliphatic heterocycles. The van der Waals surface area contributed by atoms with Gasteiger partial charge in [0, 0.05) is 37.5 Å². The summed E-state index contributed by atoms with van der Waals surface area (Å²) in [6.45, 7) is 6.04. The number of imidazole rings is 1. The van der Waals surface area contributed by atoms with E-state index in [2.05, 4.69) is 27.6 Å². The van der Waals surface area contributed by atoms with E-state index < -0.39 is 0 Å². The number of benzene rings is 1. The molecule has 118 valence electrons. The molecule has 1 aromatic heterocycles. The normalized spacial score (nSPS) is 17.0. The molecule has 3 rings (SSSR count). The van der Waals surface area contributed by atoms with Crippen molar-refractivity contribution in [2.75, 3.05) is 13.1 Å². The second-order valence-corrected chi connectivity index (χ2v) is 6.16. The molecular formula is C18H24FN3. The van der Waals surface area contributed by atoms with Crippen LogP contribution in [0.2, 0.25) is 0 Å². The van der Waals surface area contributed by atoms with Crippen LogP contribution in [0.15, 0.2) is 36.7 Å². The topological polar surface area (TPSA) is 21.1 Å². The molecule has 0 spiro atoms. The minimum atomic E-state index is -0.0874. The minimum Gasteiger partial charge on any atom is -0.335 e. The summed E-state index contributed by atoms with van der Waals surface area (Å²) in [5.74, 6) is 1.79. The lowest BCUT2D eigenvalue weighted by Gasteiger charge is -2.32. The molecule has 1 fully saturated rings. The van der Waals surface area contributed by atoms with E-state index in [-0.39, 0.29) is 5.82 Å². The summed E-state index contributed by atoms with van der Waals surface area (Å²) in [6, 6.07) is 7.10. The van der Waals surface area contributed by atoms with Gasteiger partial charge in [0.15, 0.2) is 0 Å². The average molecular weight is 301 g/mol. The van der Waals surface area contributed by atoms with Crippen LogP contribution in [0.4, 0.5) is 4.39 Å². The molecule has 1 saturated heterocycles. The third-order valence-corrected chi connectivity index (χ3v) is 4.63. The van der Waals surface area contributed by atoms with E-state index >= 15 is 0 Å². The van der Waals surface area contributed by atoms with E-state index in [9.17, 15) is 4.39 Å². The molecule has 4 heteroatoms. The van der Waals surface area contributed by atoms with Crippen molar-refractivity contribution in [1.82, 2.24) is 14.5 Å². The molecule has 2 heterocycles. The number of piperidine rings is 1. The lowest BCUT2D eigenvalue weighted by molar-refractivity contribution is 0.165. The number of hydrogen-bond acceptors (Lipinski definition) is 2. The molecule has 0 N–H and O–H groups in total. The summed E-state index contributed by atoms with van der Waals surface area (Å²) in [5.41, 5.74) is 0.809. The predicted molar refractivity (Wildman–Crippen MR) is 86.0 cm³/mol. The van der Waals surface area contributed by atoms with Gasteiger partial charge in [-0.05, 0) is 37.9 Å². The molecule has 0 saturated carbocycles. The van der Waals surface area contributed by atoms with Gasteiger partial charge in [-0.2, -0.15) is 0 Å². The summed E-state index contributed by atoms with van der Waals surface area (Å²) in [6.07, 6.45) is 7.32. The monoisotopic (exact) mass is 301 g/mol. The van der Waals surface area contributed by atoms with Gasteiger partial charge in [0.05, 0.1) is 0 Å². The lowest BCUT2D eigenvalue weighted by Crippen LogP contribution is -2.34. The Morgan fingerprint density at radius 2 is 2.00 bits per heavy atom. The lowest BCUT2D eigenvalue weighted by atomic mass is 9.96. The van der Waals surface area contributed by atoms with Crippen LogP contribution in [0.3, 0.4) is 0 Å². The molecular weight excluding hydrogens is 277 g/mol. The fourth-order valence-electron chi connectivity index (χ4n) is 3.29. The second-order valence-electron chi connectivity index (χ2n) is 6.16. The largest absolute Gasteiger partial charge is 0.335 e. The first kappa shape index (κ1) is 15.2. The zero-order valence-corrected chi connectivity index (χ0v) is 13.2. The highest BCUT2D eigenvalue weighted by molar-refractivity contribution is 5.17. The van der Waals surface area contributed by atoms with Crippen molar-refractivity contribution >= 4 is 0 Å². The molecule has 0 unspecified atom stereocenters. The molecule has 0 radical (unpaired) electrons. The van der Waals surface area contributed by atoms with E-state index in [0.29, 0.717) is 5.92 Å². The van der Waals surface area contributed by atoms with E-state index in [1.54, 1.807) is 12.1 Å². The average Bonchev–Trinajstić information content (AvgIpc) is 2.99. The summed E-state index contributed by atoms with van der Waals surface area (Å²) in [7, 11) is 0. The van der Waals surface area contributed by atoms with Gasteiger partial charge in [0.1, 0.15) is 11.6 Å². The van der Waals surface area contributed by atoms with Crippen molar-refractivity contribution in [3.05, 3.63) is 53.9 Å². The summed E-state index contributed by atoms with van der Waals surface area (Å²) < 4.78 is 16.0. The van der Waals surface area contributed by atoms with Crippen LogP contribution in [0.25, 0.3) is 0 Å². The predicted octanol–water partition coefficient (Wildman–Crippen LogP) is 3.50. The van der Waals surface area contributed by atoms with Crippen LogP contribution in [0, 0.1) is 11.7 Å². The maximum atomic E-state index is 13.7. The minimum absolute atomic E-state index is 0.0874. The smallest absolute Gasteiger partial charge is 0.127 e. The molecule has 0 bridgehead atoms. The van der Waals surface area contributed by atoms with Gasteiger partial charge in [0.2, 0.25) is 0 Å². The fourth-order valence-corrected chi connectivity index (χ4v) is 3.29. The first-order chi connectivity index (χ1) is 10.8. The molecule has 0 atom stereocenters. The second kappa shape index (κ2) is 7.05. The molecule has 0 amide bonds. The SMILES string of the molecule is CCc1nccn1CC1CCN(Cc2ccccc2F)CC1. The van der Waals surface area contributed by atoms with Crippen molar-refractivity contribution in [3.8, 4) is 0 Å². The number of likely N-dealkylation sites (tertiary alicyclic amines) is 1. The van der Waals surface area contributed by atoms with E-state index in [1.165, 1.54) is 18.7 Å². The standard InChI is InChI=1S/C18H24FN3/c1-2-18-20-9-12-22(18)13-15-7-10-21(11-8-15)14-16-5-3-4-6-17(16)19/h3-6,9,12,15H,2,7-8,10-11,13-14H2,1H3. The Morgan fingerprint density at radius 1 is 1.23 bits per heavy atom. The van der Waals surface area contributed by atoms with Gasteiger partial charge in [-0.25, -0.2) is 9.37 Å². The Bertz CT molecular complexity index is 600. The van der Waals surface area contributed by atoms with Crippen LogP contribution < -0.4 is 0 Å². The molecule has 0 aliphatic carbocycles. The van der Waals surface area contributed by atoms with Crippen LogP contribution in [0.5, 0.6) is 0 Å². The van der Waals surface area contributed by atoms with Gasteiger partial charge in [-0.15, -0.1) is 0 Å². The van der Waals surface area contributed by atoms with E-state index in [4.69, 9.17) is 0 Å². The van der Waals surface area contributed by atoms with Gasteiger partial charge < -0.3 is 4.57 Å². The Labute approximate surface area is 131 Å². The Morgan fingerprint density at radius 3 is 2.73 bits per heavy atom. The number of halogens is 1. The zero-order chi connectivity index (χ0) is 15.4. The highest BCUT2D eigenvalue weighted by Crippen LogP contribution is 2.22. The number of rotatable bonds is 5. The van der Waals surface area contributed by atoms with Crippen molar-refractivity contribution in [3.63, 3.8) is 0 Å². The van der Waals surface area contributed by atoms with Gasteiger partial charge in [-0.1, -0.05) is 25.1 Å². The van der Waals surface area contributed by atoms with Crippen molar-refractivity contribution < 1.29 is 4.39 Å². The highest BCUT2D eigenvalue weighted by atomic mass is 19.1. The number of nitrogens with zero attached hydrogens (tertiary/aromatic N) is 3. The maximum Gasteiger partial charge on any atom is 0.127 e. The molecule has 3 nitrogen and oxygen atoms in total.